The number of hydrogen-bond acceptors (Lipinski definition) is 3. The fourth-order valence-electron chi connectivity index (χ4n) is 1.88. The number of aliphatic hydroxyl groups excluding tert-OH is 2. The lowest BCUT2D eigenvalue weighted by Crippen LogP contribution is -2.34. The molecule has 21 heavy (non-hydrogen) atoms. The summed E-state index contributed by atoms with van der Waals surface area (Å²) in [5.74, 6) is 5.71. The summed E-state index contributed by atoms with van der Waals surface area (Å²) in [6, 6.07) is 7.10. The highest BCUT2D eigenvalue weighted by Gasteiger charge is 2.14. The lowest BCUT2D eigenvalue weighted by molar-refractivity contribution is 0.0719. The molecule has 0 saturated carbocycles. The minimum absolute atomic E-state index is 0.0276. The summed E-state index contributed by atoms with van der Waals surface area (Å²) in [5.41, 5.74) is 1.43. The van der Waals surface area contributed by atoms with Crippen LogP contribution in [-0.4, -0.2) is 47.3 Å². The molecule has 0 aliphatic rings. The van der Waals surface area contributed by atoms with Gasteiger partial charge in [0.05, 0.1) is 13.2 Å². The van der Waals surface area contributed by atoms with Crippen LogP contribution in [0.5, 0.6) is 0 Å². The van der Waals surface area contributed by atoms with E-state index in [1.807, 2.05) is 0 Å². The van der Waals surface area contributed by atoms with Gasteiger partial charge >= 0.3 is 0 Å². The van der Waals surface area contributed by atoms with Crippen molar-refractivity contribution in [1.29, 1.82) is 0 Å². The van der Waals surface area contributed by atoms with Crippen molar-refractivity contribution >= 4 is 5.91 Å². The van der Waals surface area contributed by atoms with E-state index in [9.17, 15) is 4.79 Å². The first-order valence-electron chi connectivity index (χ1n) is 7.32. The van der Waals surface area contributed by atoms with Gasteiger partial charge in [0, 0.05) is 30.6 Å². The molecule has 0 radical (unpaired) electrons. The Morgan fingerprint density at radius 2 is 1.86 bits per heavy atom. The maximum atomic E-state index is 12.4. The maximum absolute atomic E-state index is 12.4. The molecule has 4 heteroatoms. The van der Waals surface area contributed by atoms with Gasteiger partial charge in [-0.05, 0) is 30.7 Å². The van der Waals surface area contributed by atoms with Crippen molar-refractivity contribution < 1.29 is 15.0 Å². The van der Waals surface area contributed by atoms with Crippen molar-refractivity contribution in [3.05, 3.63) is 35.4 Å². The molecule has 0 saturated heterocycles. The monoisotopic (exact) mass is 289 g/mol. The number of amides is 1. The van der Waals surface area contributed by atoms with E-state index < -0.39 is 0 Å². The van der Waals surface area contributed by atoms with Gasteiger partial charge in [-0.15, -0.1) is 0 Å². The van der Waals surface area contributed by atoms with Crippen molar-refractivity contribution in [3.8, 4) is 11.8 Å². The summed E-state index contributed by atoms with van der Waals surface area (Å²) in [7, 11) is 0. The van der Waals surface area contributed by atoms with E-state index >= 15 is 0 Å². The van der Waals surface area contributed by atoms with Crippen molar-refractivity contribution in [2.75, 3.05) is 26.3 Å². The number of carbonyl (C=O) groups is 1. The molecule has 1 aromatic rings. The third-order valence-corrected chi connectivity index (χ3v) is 3.04. The Labute approximate surface area is 126 Å². The molecule has 0 fully saturated rings. The van der Waals surface area contributed by atoms with Gasteiger partial charge in [0.2, 0.25) is 0 Å². The lowest BCUT2D eigenvalue weighted by atomic mass is 10.1. The Balaban J connectivity index is 2.74. The van der Waals surface area contributed by atoms with Crippen molar-refractivity contribution in [1.82, 2.24) is 4.90 Å². The summed E-state index contributed by atoms with van der Waals surface area (Å²) in [5, 5.41) is 17.7. The van der Waals surface area contributed by atoms with Crippen LogP contribution in [0.4, 0.5) is 0 Å². The second-order valence-electron chi connectivity index (χ2n) is 4.72. The largest absolute Gasteiger partial charge is 0.395 e. The highest BCUT2D eigenvalue weighted by Crippen LogP contribution is 2.08. The van der Waals surface area contributed by atoms with Crippen LogP contribution in [0.15, 0.2) is 24.3 Å². The zero-order valence-electron chi connectivity index (χ0n) is 12.5. The second-order valence-corrected chi connectivity index (χ2v) is 4.72. The first-order valence-corrected chi connectivity index (χ1v) is 7.32. The smallest absolute Gasteiger partial charge is 0.253 e. The van der Waals surface area contributed by atoms with E-state index in [0.717, 1.165) is 18.4 Å². The van der Waals surface area contributed by atoms with Crippen LogP contribution in [0.25, 0.3) is 0 Å². The number of nitrogens with zero attached hydrogens (tertiary/aromatic N) is 1. The minimum atomic E-state index is -0.0626. The van der Waals surface area contributed by atoms with Crippen LogP contribution in [0.3, 0.4) is 0 Å². The van der Waals surface area contributed by atoms with Gasteiger partial charge in [0.15, 0.2) is 0 Å². The van der Waals surface area contributed by atoms with Crippen molar-refractivity contribution in [2.24, 2.45) is 0 Å². The van der Waals surface area contributed by atoms with Crippen LogP contribution >= 0.6 is 0 Å². The zero-order valence-corrected chi connectivity index (χ0v) is 12.5. The van der Waals surface area contributed by atoms with Crippen LogP contribution in [0.2, 0.25) is 0 Å². The average molecular weight is 289 g/mol. The van der Waals surface area contributed by atoms with Gasteiger partial charge in [-0.3, -0.25) is 4.79 Å². The topological polar surface area (TPSA) is 60.8 Å². The average Bonchev–Trinajstić information content (AvgIpc) is 2.52. The first-order chi connectivity index (χ1) is 10.2. The highest BCUT2D eigenvalue weighted by molar-refractivity contribution is 5.94. The predicted octanol–water partition coefficient (Wildman–Crippen LogP) is 1.66. The molecule has 1 rings (SSSR count). The van der Waals surface area contributed by atoms with Crippen LogP contribution in [0, 0.1) is 11.8 Å². The Morgan fingerprint density at radius 3 is 2.43 bits per heavy atom. The van der Waals surface area contributed by atoms with E-state index in [1.54, 1.807) is 29.2 Å². The van der Waals surface area contributed by atoms with Gasteiger partial charge in [0.25, 0.3) is 5.91 Å². The number of benzene rings is 1. The highest BCUT2D eigenvalue weighted by atomic mass is 16.3. The molecule has 0 aromatic heterocycles. The second kappa shape index (κ2) is 9.98. The standard InChI is InChI=1S/C17H23NO3/c1-2-3-11-18(12-14-20)17(21)16-9-7-15(8-10-16)6-4-5-13-19/h7-10,19-20H,2-3,5,11-14H2,1H3. The molecular weight excluding hydrogens is 266 g/mol. The number of rotatable bonds is 7. The normalized spacial score (nSPS) is 9.86. The van der Waals surface area contributed by atoms with Crippen molar-refractivity contribution in [2.45, 2.75) is 26.2 Å². The molecule has 1 amide bonds. The molecule has 114 valence electrons. The van der Waals surface area contributed by atoms with Gasteiger partial charge in [0.1, 0.15) is 0 Å². The fraction of sp³-hybridized carbons (Fsp3) is 0.471. The molecule has 0 bridgehead atoms. The van der Waals surface area contributed by atoms with Crippen LogP contribution in [0.1, 0.15) is 42.1 Å². The third-order valence-electron chi connectivity index (χ3n) is 3.04. The quantitative estimate of drug-likeness (QED) is 0.750. The minimum Gasteiger partial charge on any atom is -0.395 e. The number of carbonyl (C=O) groups excluding carboxylic acids is 1. The summed E-state index contributed by atoms with van der Waals surface area (Å²) in [6.07, 6.45) is 2.38. The maximum Gasteiger partial charge on any atom is 0.253 e. The van der Waals surface area contributed by atoms with Crippen LogP contribution in [-0.2, 0) is 0 Å². The SMILES string of the molecule is CCCCN(CCO)C(=O)c1ccc(C#CCCO)cc1. The van der Waals surface area contributed by atoms with E-state index in [2.05, 4.69) is 18.8 Å². The fourth-order valence-corrected chi connectivity index (χ4v) is 1.88. The molecule has 2 N–H and O–H groups in total. The Bertz CT molecular complexity index is 485. The van der Waals surface area contributed by atoms with Crippen LogP contribution < -0.4 is 0 Å². The first kappa shape index (κ1) is 17.2. The number of hydrogen-bond donors (Lipinski definition) is 2. The molecule has 0 aliphatic carbocycles. The van der Waals surface area contributed by atoms with Gasteiger partial charge < -0.3 is 15.1 Å². The summed E-state index contributed by atoms with van der Waals surface area (Å²) >= 11 is 0. The molecule has 4 nitrogen and oxygen atoms in total. The van der Waals surface area contributed by atoms with E-state index in [4.69, 9.17) is 10.2 Å². The lowest BCUT2D eigenvalue weighted by Gasteiger charge is -2.21. The number of unbranched alkanes of at least 4 members (excludes halogenated alkanes) is 1. The third kappa shape index (κ3) is 5.99. The molecule has 0 unspecified atom stereocenters. The number of aliphatic hydroxyl groups is 2. The summed E-state index contributed by atoms with van der Waals surface area (Å²) < 4.78 is 0. The Hall–Kier alpha value is -1.83. The van der Waals surface area contributed by atoms with Gasteiger partial charge in [-0.1, -0.05) is 25.2 Å². The molecule has 0 aliphatic heterocycles. The molecule has 0 spiro atoms. The van der Waals surface area contributed by atoms with E-state index in [-0.39, 0.29) is 19.1 Å². The zero-order chi connectivity index (χ0) is 15.5. The van der Waals surface area contributed by atoms with Gasteiger partial charge in [-0.2, -0.15) is 0 Å². The summed E-state index contributed by atoms with van der Waals surface area (Å²) in [4.78, 5) is 14.0. The molecule has 1 aromatic carbocycles. The van der Waals surface area contributed by atoms with Crippen molar-refractivity contribution in [3.63, 3.8) is 0 Å². The Kier molecular flexibility index (Phi) is 8.18. The van der Waals surface area contributed by atoms with Gasteiger partial charge in [-0.25, -0.2) is 0 Å². The predicted molar refractivity (Wildman–Crippen MR) is 82.9 cm³/mol. The molecule has 0 heterocycles. The molecule has 0 atom stereocenters. The Morgan fingerprint density at radius 1 is 1.14 bits per heavy atom. The van der Waals surface area contributed by atoms with E-state index in [0.29, 0.717) is 25.1 Å². The summed E-state index contributed by atoms with van der Waals surface area (Å²) in [6.45, 7) is 3.11. The van der Waals surface area contributed by atoms with E-state index in [1.165, 1.54) is 0 Å². The molecular formula is C17H23NO3.